The van der Waals surface area contributed by atoms with Crippen molar-refractivity contribution in [3.63, 3.8) is 0 Å². The van der Waals surface area contributed by atoms with Crippen LogP contribution in [0.15, 0.2) is 10.2 Å². The predicted octanol–water partition coefficient (Wildman–Crippen LogP) is -1.79. The highest BCUT2D eigenvalue weighted by atomic mass is 16.3. The van der Waals surface area contributed by atoms with Crippen molar-refractivity contribution in [2.75, 3.05) is 13.2 Å². The number of hydrogen-bond acceptors (Lipinski definition) is 10. The van der Waals surface area contributed by atoms with E-state index < -0.39 is 71.6 Å². The first-order valence-electron chi connectivity index (χ1n) is 10.4. The van der Waals surface area contributed by atoms with E-state index in [-0.39, 0.29) is 0 Å². The Hall–Kier alpha value is -1.70. The number of nitrogens with zero attached hydrogens (tertiary/aromatic N) is 2. The summed E-state index contributed by atoms with van der Waals surface area (Å²) in [5.41, 5.74) is -6.59. The molecular weight excluding hydrogens is 424 g/mol. The van der Waals surface area contributed by atoms with E-state index in [0.29, 0.717) is 0 Å². The van der Waals surface area contributed by atoms with Gasteiger partial charge in [0.25, 0.3) is 0 Å². The molecule has 4 unspecified atom stereocenters. The average Bonchev–Trinajstić information content (AvgIpc) is 2.67. The van der Waals surface area contributed by atoms with Gasteiger partial charge in [-0.2, -0.15) is 10.2 Å². The highest BCUT2D eigenvalue weighted by Crippen LogP contribution is 2.23. The second kappa shape index (κ2) is 10.9. The first kappa shape index (κ1) is 30.3. The number of azo groups is 1. The molecule has 0 aromatic carbocycles. The van der Waals surface area contributed by atoms with Crippen molar-refractivity contribution >= 4 is 11.8 Å². The molecule has 12 heteroatoms. The summed E-state index contributed by atoms with van der Waals surface area (Å²) >= 11 is 0. The van der Waals surface area contributed by atoms with E-state index >= 15 is 0 Å². The van der Waals surface area contributed by atoms with E-state index in [1.807, 2.05) is 0 Å². The lowest BCUT2D eigenvalue weighted by Gasteiger charge is -2.40. The second-order valence-corrected chi connectivity index (χ2v) is 9.33. The third kappa shape index (κ3) is 6.42. The fourth-order valence-corrected chi connectivity index (χ4v) is 2.79. The van der Waals surface area contributed by atoms with Gasteiger partial charge in [0.15, 0.2) is 11.1 Å². The van der Waals surface area contributed by atoms with Crippen LogP contribution < -0.4 is 10.6 Å². The summed E-state index contributed by atoms with van der Waals surface area (Å²) in [5, 5.41) is 72.1. The fourth-order valence-electron chi connectivity index (χ4n) is 2.79. The molecule has 0 saturated heterocycles. The van der Waals surface area contributed by atoms with E-state index in [1.54, 1.807) is 0 Å². The number of aliphatic hydroxyl groups excluding tert-OH is 6. The highest BCUT2D eigenvalue weighted by molar-refractivity contribution is 5.87. The van der Waals surface area contributed by atoms with E-state index in [9.17, 15) is 40.2 Å². The molecule has 32 heavy (non-hydrogen) atoms. The zero-order valence-corrected chi connectivity index (χ0v) is 20.1. The van der Waals surface area contributed by atoms with E-state index in [1.165, 1.54) is 55.4 Å². The Labute approximate surface area is 188 Å². The molecule has 188 valence electrons. The van der Waals surface area contributed by atoms with Gasteiger partial charge in [-0.3, -0.25) is 9.59 Å². The summed E-state index contributed by atoms with van der Waals surface area (Å²) in [6, 6.07) is 0. The minimum Gasteiger partial charge on any atom is -0.394 e. The van der Waals surface area contributed by atoms with Crippen molar-refractivity contribution in [2.24, 2.45) is 10.2 Å². The van der Waals surface area contributed by atoms with Gasteiger partial charge >= 0.3 is 0 Å². The molecule has 0 aliphatic heterocycles. The Kier molecular flexibility index (Phi) is 10.4. The Bertz CT molecular complexity index is 603. The molecule has 0 spiro atoms. The maximum absolute atomic E-state index is 12.8. The van der Waals surface area contributed by atoms with Crippen LogP contribution in [0, 0.1) is 0 Å². The molecule has 0 saturated carbocycles. The Balaban J connectivity index is 5.75. The molecule has 0 aromatic heterocycles. The van der Waals surface area contributed by atoms with Crippen LogP contribution in [0.4, 0.5) is 0 Å². The molecule has 12 nitrogen and oxygen atoms in total. The molecule has 0 fully saturated rings. The number of rotatable bonds is 12. The van der Waals surface area contributed by atoms with E-state index in [0.717, 1.165) is 0 Å². The zero-order chi connectivity index (χ0) is 25.7. The monoisotopic (exact) mass is 464 g/mol. The minimum absolute atomic E-state index is 0.739. The summed E-state index contributed by atoms with van der Waals surface area (Å²) in [6.07, 6.45) is -5.17. The zero-order valence-electron chi connectivity index (χ0n) is 20.1. The Morgan fingerprint density at radius 1 is 0.656 bits per heavy atom. The Morgan fingerprint density at radius 3 is 1.03 bits per heavy atom. The smallest absolute Gasteiger partial charge is 0.249 e. The Morgan fingerprint density at radius 2 is 0.875 bits per heavy atom. The van der Waals surface area contributed by atoms with Crippen LogP contribution in [0.25, 0.3) is 0 Å². The van der Waals surface area contributed by atoms with Gasteiger partial charge in [-0.15, -0.1) is 0 Å². The van der Waals surface area contributed by atoms with Crippen molar-refractivity contribution in [1.29, 1.82) is 0 Å². The number of carbonyl (C=O) groups is 2. The van der Waals surface area contributed by atoms with Gasteiger partial charge in [0.2, 0.25) is 11.8 Å². The number of carbonyl (C=O) groups excluding carboxylic acids is 2. The van der Waals surface area contributed by atoms with Gasteiger partial charge in [-0.1, -0.05) is 0 Å². The van der Waals surface area contributed by atoms with Crippen LogP contribution in [0.1, 0.15) is 55.4 Å². The summed E-state index contributed by atoms with van der Waals surface area (Å²) < 4.78 is 0. The van der Waals surface area contributed by atoms with Gasteiger partial charge in [0, 0.05) is 0 Å². The summed E-state index contributed by atoms with van der Waals surface area (Å²) in [5.74, 6) is -1.54. The predicted molar refractivity (Wildman–Crippen MR) is 116 cm³/mol. The highest BCUT2D eigenvalue weighted by Gasteiger charge is 2.46. The van der Waals surface area contributed by atoms with Crippen molar-refractivity contribution < 1.29 is 40.2 Å². The third-order valence-corrected chi connectivity index (χ3v) is 5.86. The number of aliphatic hydroxyl groups is 6. The normalized spacial score (nSPS) is 20.6. The molecule has 2 amide bonds. The molecule has 0 aliphatic rings. The molecule has 0 aliphatic carbocycles. The van der Waals surface area contributed by atoms with Crippen molar-refractivity contribution in [3.05, 3.63) is 0 Å². The maximum Gasteiger partial charge on any atom is 0.249 e. The van der Waals surface area contributed by atoms with Crippen LogP contribution >= 0.6 is 0 Å². The van der Waals surface area contributed by atoms with Crippen LogP contribution in [-0.2, 0) is 9.59 Å². The topological polar surface area (TPSA) is 204 Å². The summed E-state index contributed by atoms with van der Waals surface area (Å²) in [4.78, 5) is 25.6. The molecule has 0 heterocycles. The van der Waals surface area contributed by atoms with Crippen molar-refractivity contribution in [2.45, 2.75) is 102 Å². The van der Waals surface area contributed by atoms with Crippen LogP contribution in [0.5, 0.6) is 0 Å². The average molecular weight is 465 g/mol. The van der Waals surface area contributed by atoms with Crippen LogP contribution in [-0.4, -0.2) is 102 Å². The number of nitrogens with one attached hydrogen (secondary N) is 2. The van der Waals surface area contributed by atoms with Gasteiger partial charge in [-0.25, -0.2) is 0 Å². The van der Waals surface area contributed by atoms with Gasteiger partial charge < -0.3 is 41.3 Å². The van der Waals surface area contributed by atoms with E-state index in [2.05, 4.69) is 20.9 Å². The number of hydrogen-bond donors (Lipinski definition) is 8. The minimum atomic E-state index is -1.73. The lowest BCUT2D eigenvalue weighted by Crippen LogP contribution is -2.67. The van der Waals surface area contributed by atoms with Crippen molar-refractivity contribution in [3.8, 4) is 0 Å². The molecule has 0 bridgehead atoms. The van der Waals surface area contributed by atoms with Crippen molar-refractivity contribution in [1.82, 2.24) is 10.6 Å². The molecule has 8 N–H and O–H groups in total. The quantitative estimate of drug-likeness (QED) is 0.155. The first-order valence-corrected chi connectivity index (χ1v) is 10.4. The van der Waals surface area contributed by atoms with Gasteiger partial charge in [-0.05, 0) is 55.4 Å². The molecule has 0 aromatic rings. The van der Waals surface area contributed by atoms with Gasteiger partial charge in [0.05, 0.1) is 37.6 Å². The van der Waals surface area contributed by atoms with Crippen LogP contribution in [0.2, 0.25) is 0 Å². The largest absolute Gasteiger partial charge is 0.394 e. The summed E-state index contributed by atoms with van der Waals surface area (Å²) in [7, 11) is 0. The lowest BCUT2D eigenvalue weighted by atomic mass is 9.87. The molecule has 4 atom stereocenters. The standard InChI is InChI=1S/C20H40N4O8/c1-11(27)19(9-25,12(2)28)21-15(31)17(5,6)23-24-18(7,8)16(32)22-20(10-26,13(3)29)14(4)30/h11-14,25-30H,9-10H2,1-8H3,(H,21,31)(H,22,32)/b24-23+. The first-order chi connectivity index (χ1) is 14.4. The molecular formula is C20H40N4O8. The maximum atomic E-state index is 12.8. The molecule has 0 rings (SSSR count). The van der Waals surface area contributed by atoms with E-state index in [4.69, 9.17) is 0 Å². The number of amides is 2. The fraction of sp³-hybridized carbons (Fsp3) is 0.900. The third-order valence-electron chi connectivity index (χ3n) is 5.86. The van der Waals surface area contributed by atoms with Gasteiger partial charge in [0.1, 0.15) is 11.1 Å². The summed E-state index contributed by atoms with van der Waals surface area (Å²) in [6.45, 7) is 9.29. The second-order valence-electron chi connectivity index (χ2n) is 9.33. The van der Waals surface area contributed by atoms with Crippen LogP contribution in [0.3, 0.4) is 0 Å². The SMILES string of the molecule is CC(O)C(CO)(NC(=O)C(C)(C)/N=N/C(C)(C)C(=O)NC(CO)(C(C)O)C(C)O)C(C)O. The molecule has 0 radical (unpaired) electrons. The lowest BCUT2D eigenvalue weighted by molar-refractivity contribution is -0.135.